The highest BCUT2D eigenvalue weighted by Crippen LogP contribution is 2.32. The van der Waals surface area contributed by atoms with Crippen molar-refractivity contribution in [3.8, 4) is 28.8 Å². The Bertz CT molecular complexity index is 1310. The first-order valence-electron chi connectivity index (χ1n) is 12.6. The number of halogens is 1. The molecular weight excluding hydrogens is 471 g/mol. The molecule has 3 aromatic rings. The number of rotatable bonds is 4. The zero-order chi connectivity index (χ0) is 25.8. The highest BCUT2D eigenvalue weighted by atomic mass is 19.1. The molecule has 0 spiro atoms. The van der Waals surface area contributed by atoms with Gasteiger partial charge < -0.3 is 20.6 Å². The number of phenols is 1. The molecule has 2 fully saturated rings. The first-order valence-corrected chi connectivity index (χ1v) is 12.6. The molecule has 0 amide bonds. The third-order valence-corrected chi connectivity index (χ3v) is 6.93. The number of hydrogen-bond acceptors (Lipinski definition) is 9. The van der Waals surface area contributed by atoms with E-state index in [1.54, 1.807) is 18.3 Å². The van der Waals surface area contributed by atoms with E-state index in [0.717, 1.165) is 37.6 Å². The standard InChI is InChI=1S/C27H31FN8O/c1-19-9-14-35(23-17-22(32-33-27(23)29)21-5-2-3-6-24(21)37)15-16-36(19)26-8-11-30-25(31-26)7-4-12-34-13-10-20(28)18-34/h2-3,5-6,8,11,17,19-20,37H,9-10,12-16,18H2,1H3,(H2,29,33). The van der Waals surface area contributed by atoms with Crippen molar-refractivity contribution < 1.29 is 9.50 Å². The minimum atomic E-state index is -0.749. The summed E-state index contributed by atoms with van der Waals surface area (Å²) in [4.78, 5) is 15.5. The molecule has 2 aliphatic heterocycles. The van der Waals surface area contributed by atoms with Crippen molar-refractivity contribution in [3.05, 3.63) is 48.4 Å². The molecule has 2 aromatic heterocycles. The lowest BCUT2D eigenvalue weighted by atomic mass is 10.1. The van der Waals surface area contributed by atoms with Crippen LogP contribution in [-0.2, 0) is 0 Å². The Morgan fingerprint density at radius 3 is 2.78 bits per heavy atom. The average molecular weight is 503 g/mol. The fourth-order valence-electron chi connectivity index (χ4n) is 4.84. The monoisotopic (exact) mass is 502 g/mol. The summed E-state index contributed by atoms with van der Waals surface area (Å²) in [5.41, 5.74) is 8.23. The summed E-state index contributed by atoms with van der Waals surface area (Å²) >= 11 is 0. The van der Waals surface area contributed by atoms with Crippen LogP contribution in [-0.4, -0.2) is 81.7 Å². The van der Waals surface area contributed by atoms with E-state index >= 15 is 0 Å². The summed E-state index contributed by atoms with van der Waals surface area (Å²) in [5.74, 6) is 7.93. The molecule has 4 heterocycles. The van der Waals surface area contributed by atoms with Gasteiger partial charge in [0, 0.05) is 50.5 Å². The second-order valence-corrected chi connectivity index (χ2v) is 9.50. The van der Waals surface area contributed by atoms with Crippen LogP contribution in [0.15, 0.2) is 42.6 Å². The van der Waals surface area contributed by atoms with Crippen molar-refractivity contribution in [1.82, 2.24) is 25.1 Å². The number of aromatic nitrogens is 4. The number of hydrogen-bond donors (Lipinski definition) is 2. The molecule has 1 aromatic carbocycles. The molecular formula is C27H31FN8O. The van der Waals surface area contributed by atoms with Crippen LogP contribution in [0.2, 0.25) is 0 Å². The van der Waals surface area contributed by atoms with Crippen LogP contribution in [0, 0.1) is 11.8 Å². The largest absolute Gasteiger partial charge is 0.507 e. The highest BCUT2D eigenvalue weighted by molar-refractivity contribution is 5.74. The molecule has 192 valence electrons. The summed E-state index contributed by atoms with van der Waals surface area (Å²) in [7, 11) is 0. The molecule has 3 N–H and O–H groups in total. The minimum Gasteiger partial charge on any atom is -0.507 e. The quantitative estimate of drug-likeness (QED) is 0.521. The van der Waals surface area contributed by atoms with Gasteiger partial charge in [-0.25, -0.2) is 14.4 Å². The zero-order valence-electron chi connectivity index (χ0n) is 20.9. The van der Waals surface area contributed by atoms with E-state index in [1.807, 2.05) is 29.2 Å². The molecule has 10 heteroatoms. The summed E-state index contributed by atoms with van der Waals surface area (Å²) in [6, 6.07) is 11.1. The van der Waals surface area contributed by atoms with Crippen LogP contribution < -0.4 is 15.5 Å². The van der Waals surface area contributed by atoms with Gasteiger partial charge in [0.2, 0.25) is 5.82 Å². The van der Waals surface area contributed by atoms with Crippen molar-refractivity contribution in [1.29, 1.82) is 0 Å². The van der Waals surface area contributed by atoms with Gasteiger partial charge >= 0.3 is 0 Å². The van der Waals surface area contributed by atoms with Crippen LogP contribution in [0.5, 0.6) is 5.75 Å². The van der Waals surface area contributed by atoms with Crippen LogP contribution >= 0.6 is 0 Å². The molecule has 0 bridgehead atoms. The number of aromatic hydroxyl groups is 1. The second kappa shape index (κ2) is 11.0. The van der Waals surface area contributed by atoms with Crippen molar-refractivity contribution in [2.75, 3.05) is 54.8 Å². The van der Waals surface area contributed by atoms with E-state index < -0.39 is 6.17 Å². The van der Waals surface area contributed by atoms with Crippen molar-refractivity contribution in [2.24, 2.45) is 0 Å². The second-order valence-electron chi connectivity index (χ2n) is 9.50. The van der Waals surface area contributed by atoms with E-state index in [-0.39, 0.29) is 11.8 Å². The molecule has 0 saturated carbocycles. The minimum absolute atomic E-state index is 0.151. The van der Waals surface area contributed by atoms with Gasteiger partial charge in [0.15, 0.2) is 5.82 Å². The van der Waals surface area contributed by atoms with Crippen LogP contribution in [0.4, 0.5) is 21.7 Å². The summed E-state index contributed by atoms with van der Waals surface area (Å²) in [5, 5.41) is 18.6. The lowest BCUT2D eigenvalue weighted by Crippen LogP contribution is -2.35. The van der Waals surface area contributed by atoms with Crippen LogP contribution in [0.25, 0.3) is 11.3 Å². The van der Waals surface area contributed by atoms with Gasteiger partial charge in [0.1, 0.15) is 17.7 Å². The van der Waals surface area contributed by atoms with Gasteiger partial charge in [-0.15, -0.1) is 10.2 Å². The Hall–Kier alpha value is -3.97. The topological polar surface area (TPSA) is 108 Å². The smallest absolute Gasteiger partial charge is 0.206 e. The Balaban J connectivity index is 1.30. The predicted octanol–water partition coefficient (Wildman–Crippen LogP) is 2.72. The number of likely N-dealkylation sites (tertiary alicyclic amines) is 1. The van der Waals surface area contributed by atoms with Gasteiger partial charge in [-0.1, -0.05) is 18.1 Å². The van der Waals surface area contributed by atoms with E-state index in [4.69, 9.17) is 10.7 Å². The number of nitrogens with two attached hydrogens (primary N) is 1. The average Bonchev–Trinajstić information content (AvgIpc) is 3.21. The third-order valence-electron chi connectivity index (χ3n) is 6.93. The number of phenolic OH excluding ortho intramolecular Hbond substituents is 1. The van der Waals surface area contributed by atoms with Crippen molar-refractivity contribution >= 4 is 17.3 Å². The fourth-order valence-corrected chi connectivity index (χ4v) is 4.84. The molecule has 37 heavy (non-hydrogen) atoms. The molecule has 0 aliphatic carbocycles. The number of benzene rings is 1. The van der Waals surface area contributed by atoms with Crippen LogP contribution in [0.1, 0.15) is 25.6 Å². The number of nitrogens with zero attached hydrogens (tertiary/aromatic N) is 7. The molecule has 5 rings (SSSR count). The van der Waals surface area contributed by atoms with E-state index in [9.17, 15) is 9.50 Å². The van der Waals surface area contributed by atoms with Crippen molar-refractivity contribution in [3.63, 3.8) is 0 Å². The Morgan fingerprint density at radius 2 is 1.97 bits per heavy atom. The molecule has 2 saturated heterocycles. The van der Waals surface area contributed by atoms with Gasteiger partial charge in [-0.2, -0.15) is 0 Å². The zero-order valence-corrected chi connectivity index (χ0v) is 20.9. The first-order chi connectivity index (χ1) is 18.0. The highest BCUT2D eigenvalue weighted by Gasteiger charge is 2.25. The predicted molar refractivity (Wildman–Crippen MR) is 142 cm³/mol. The number of para-hydroxylation sites is 1. The van der Waals surface area contributed by atoms with Gasteiger partial charge in [-0.05, 0) is 50.0 Å². The lowest BCUT2D eigenvalue weighted by molar-refractivity contribution is 0.308. The van der Waals surface area contributed by atoms with E-state index in [0.29, 0.717) is 49.0 Å². The lowest BCUT2D eigenvalue weighted by Gasteiger charge is -2.28. The Morgan fingerprint density at radius 1 is 1.11 bits per heavy atom. The molecule has 2 atom stereocenters. The maximum absolute atomic E-state index is 13.4. The molecule has 2 unspecified atom stereocenters. The van der Waals surface area contributed by atoms with Crippen LogP contribution in [0.3, 0.4) is 0 Å². The number of nitrogen functional groups attached to an aromatic ring is 1. The summed E-state index contributed by atoms with van der Waals surface area (Å²) in [6.07, 6.45) is 2.45. The molecule has 9 nitrogen and oxygen atoms in total. The maximum atomic E-state index is 13.4. The summed E-state index contributed by atoms with van der Waals surface area (Å²) < 4.78 is 13.4. The maximum Gasteiger partial charge on any atom is 0.206 e. The van der Waals surface area contributed by atoms with Crippen molar-refractivity contribution in [2.45, 2.75) is 32.0 Å². The molecule has 0 radical (unpaired) electrons. The Kier molecular flexibility index (Phi) is 7.32. The number of alkyl halides is 1. The van der Waals surface area contributed by atoms with Gasteiger partial charge in [0.25, 0.3) is 0 Å². The molecule has 2 aliphatic rings. The third kappa shape index (κ3) is 5.73. The number of anilines is 3. The Labute approximate surface area is 216 Å². The van der Waals surface area contributed by atoms with Gasteiger partial charge in [-0.3, -0.25) is 4.90 Å². The normalized spacial score (nSPS) is 20.4. The van der Waals surface area contributed by atoms with E-state index in [2.05, 4.69) is 43.7 Å². The summed E-state index contributed by atoms with van der Waals surface area (Å²) in [6.45, 7) is 6.12. The van der Waals surface area contributed by atoms with E-state index in [1.165, 1.54) is 0 Å². The SMILES string of the molecule is CC1CCN(c2cc(-c3ccccc3O)nnc2N)CCN1c1ccnc(C#CCN2CCC(F)C2)n1. The first kappa shape index (κ1) is 24.7. The van der Waals surface area contributed by atoms with Gasteiger partial charge in [0.05, 0.1) is 17.9 Å². The fraction of sp³-hybridized carbons (Fsp3) is 0.407.